The molecule has 17 heavy (non-hydrogen) atoms. The molecule has 3 nitrogen and oxygen atoms in total. The fourth-order valence-electron chi connectivity index (χ4n) is 2.44. The molecular formula is C13H19FN2O. The van der Waals surface area contributed by atoms with Gasteiger partial charge in [-0.05, 0) is 43.6 Å². The lowest BCUT2D eigenvalue weighted by Crippen LogP contribution is -2.31. The SMILES string of the molecule is COc1ccc(C(CN)N2CCCC2)cc1F. The fraction of sp³-hybridized carbons (Fsp3) is 0.538. The number of methoxy groups -OCH3 is 1. The molecule has 0 bridgehead atoms. The number of benzene rings is 1. The van der Waals surface area contributed by atoms with Gasteiger partial charge in [0.15, 0.2) is 11.6 Å². The Kier molecular flexibility index (Phi) is 3.97. The molecule has 1 aromatic carbocycles. The number of nitrogens with two attached hydrogens (primary N) is 1. The minimum Gasteiger partial charge on any atom is -0.494 e. The highest BCUT2D eigenvalue weighted by atomic mass is 19.1. The second-order valence-corrected chi connectivity index (χ2v) is 4.39. The summed E-state index contributed by atoms with van der Waals surface area (Å²) in [5, 5.41) is 0. The molecule has 2 rings (SSSR count). The molecule has 1 fully saturated rings. The van der Waals surface area contributed by atoms with E-state index in [0.717, 1.165) is 18.7 Å². The van der Waals surface area contributed by atoms with Gasteiger partial charge in [-0.2, -0.15) is 0 Å². The van der Waals surface area contributed by atoms with E-state index in [-0.39, 0.29) is 17.6 Å². The molecule has 0 spiro atoms. The van der Waals surface area contributed by atoms with Gasteiger partial charge in [0.1, 0.15) is 0 Å². The molecule has 1 heterocycles. The number of hydrogen-bond donors (Lipinski definition) is 1. The zero-order valence-electron chi connectivity index (χ0n) is 10.2. The molecule has 1 unspecified atom stereocenters. The first-order chi connectivity index (χ1) is 8.26. The van der Waals surface area contributed by atoms with Crippen LogP contribution in [0.3, 0.4) is 0 Å². The summed E-state index contributed by atoms with van der Waals surface area (Å²) < 4.78 is 18.6. The van der Waals surface area contributed by atoms with Crippen LogP contribution in [0.25, 0.3) is 0 Å². The van der Waals surface area contributed by atoms with Crippen molar-refractivity contribution >= 4 is 0 Å². The molecule has 1 atom stereocenters. The van der Waals surface area contributed by atoms with Gasteiger partial charge in [0.2, 0.25) is 0 Å². The molecule has 0 radical (unpaired) electrons. The van der Waals surface area contributed by atoms with Crippen LogP contribution in [0.2, 0.25) is 0 Å². The van der Waals surface area contributed by atoms with Gasteiger partial charge in [0, 0.05) is 12.6 Å². The first-order valence-electron chi connectivity index (χ1n) is 6.04. The first kappa shape index (κ1) is 12.3. The van der Waals surface area contributed by atoms with E-state index < -0.39 is 0 Å². The lowest BCUT2D eigenvalue weighted by molar-refractivity contribution is 0.250. The third-order valence-electron chi connectivity index (χ3n) is 3.37. The van der Waals surface area contributed by atoms with Crippen LogP contribution >= 0.6 is 0 Å². The van der Waals surface area contributed by atoms with Crippen LogP contribution in [-0.4, -0.2) is 31.6 Å². The van der Waals surface area contributed by atoms with Gasteiger partial charge in [-0.1, -0.05) is 6.07 Å². The third kappa shape index (κ3) is 2.58. The smallest absolute Gasteiger partial charge is 0.165 e. The van der Waals surface area contributed by atoms with Crippen molar-refractivity contribution < 1.29 is 9.13 Å². The van der Waals surface area contributed by atoms with E-state index in [0.29, 0.717) is 6.54 Å². The van der Waals surface area contributed by atoms with Crippen LogP contribution in [0.1, 0.15) is 24.4 Å². The Balaban J connectivity index is 2.21. The van der Waals surface area contributed by atoms with E-state index in [2.05, 4.69) is 4.90 Å². The second kappa shape index (κ2) is 5.47. The van der Waals surface area contributed by atoms with Crippen molar-refractivity contribution in [3.8, 4) is 5.75 Å². The number of likely N-dealkylation sites (tertiary alicyclic amines) is 1. The Morgan fingerprint density at radius 2 is 2.12 bits per heavy atom. The minimum absolute atomic E-state index is 0.123. The van der Waals surface area contributed by atoms with Crippen molar-refractivity contribution in [2.45, 2.75) is 18.9 Å². The van der Waals surface area contributed by atoms with Gasteiger partial charge in [0.05, 0.1) is 7.11 Å². The van der Waals surface area contributed by atoms with Crippen molar-refractivity contribution in [1.82, 2.24) is 4.90 Å². The summed E-state index contributed by atoms with van der Waals surface area (Å²) in [7, 11) is 1.47. The predicted octanol–water partition coefficient (Wildman–Crippen LogP) is 1.93. The lowest BCUT2D eigenvalue weighted by Gasteiger charge is -2.26. The highest BCUT2D eigenvalue weighted by Crippen LogP contribution is 2.27. The van der Waals surface area contributed by atoms with Crippen molar-refractivity contribution in [2.24, 2.45) is 5.73 Å². The molecule has 0 amide bonds. The predicted molar refractivity (Wildman–Crippen MR) is 65.6 cm³/mol. The van der Waals surface area contributed by atoms with Crippen molar-refractivity contribution in [3.05, 3.63) is 29.6 Å². The summed E-state index contributed by atoms with van der Waals surface area (Å²) in [6, 6.07) is 5.23. The highest BCUT2D eigenvalue weighted by molar-refractivity contribution is 5.31. The molecule has 0 aromatic heterocycles. The summed E-state index contributed by atoms with van der Waals surface area (Å²) in [5.41, 5.74) is 6.75. The zero-order chi connectivity index (χ0) is 12.3. The summed E-state index contributed by atoms with van der Waals surface area (Å²) in [6.07, 6.45) is 2.41. The molecule has 4 heteroatoms. The Morgan fingerprint density at radius 3 is 2.65 bits per heavy atom. The van der Waals surface area contributed by atoms with E-state index >= 15 is 0 Å². The molecule has 0 saturated carbocycles. The van der Waals surface area contributed by atoms with Crippen LogP contribution in [0.15, 0.2) is 18.2 Å². The number of rotatable bonds is 4. The van der Waals surface area contributed by atoms with E-state index in [4.69, 9.17) is 10.5 Å². The molecule has 0 aliphatic carbocycles. The highest BCUT2D eigenvalue weighted by Gasteiger charge is 2.22. The van der Waals surface area contributed by atoms with Gasteiger partial charge < -0.3 is 10.5 Å². The molecule has 1 aromatic rings. The van der Waals surface area contributed by atoms with Gasteiger partial charge in [0.25, 0.3) is 0 Å². The van der Waals surface area contributed by atoms with Crippen molar-refractivity contribution in [2.75, 3.05) is 26.7 Å². The third-order valence-corrected chi connectivity index (χ3v) is 3.37. The minimum atomic E-state index is -0.317. The maximum absolute atomic E-state index is 13.6. The molecule has 1 aliphatic rings. The van der Waals surface area contributed by atoms with Crippen LogP contribution in [0.4, 0.5) is 4.39 Å². The molecule has 1 aliphatic heterocycles. The normalized spacial score (nSPS) is 18.3. The van der Waals surface area contributed by atoms with Crippen LogP contribution in [0, 0.1) is 5.82 Å². The van der Waals surface area contributed by atoms with E-state index in [1.165, 1.54) is 26.0 Å². The van der Waals surface area contributed by atoms with E-state index in [1.54, 1.807) is 6.07 Å². The maximum atomic E-state index is 13.6. The average molecular weight is 238 g/mol. The Morgan fingerprint density at radius 1 is 1.41 bits per heavy atom. The molecule has 94 valence electrons. The standard InChI is InChI=1S/C13H19FN2O/c1-17-13-5-4-10(8-11(13)14)12(9-15)16-6-2-3-7-16/h4-5,8,12H,2-3,6-7,9,15H2,1H3. The monoisotopic (exact) mass is 238 g/mol. The number of ether oxygens (including phenoxy) is 1. The van der Waals surface area contributed by atoms with E-state index in [9.17, 15) is 4.39 Å². The Hall–Kier alpha value is -1.13. The van der Waals surface area contributed by atoms with E-state index in [1.807, 2.05) is 6.07 Å². The average Bonchev–Trinajstić information content (AvgIpc) is 2.84. The summed E-state index contributed by atoms with van der Waals surface area (Å²) in [4.78, 5) is 2.32. The Labute approximate surface area is 101 Å². The van der Waals surface area contributed by atoms with Gasteiger partial charge in [-0.25, -0.2) is 4.39 Å². The largest absolute Gasteiger partial charge is 0.494 e. The zero-order valence-corrected chi connectivity index (χ0v) is 10.2. The fourth-order valence-corrected chi connectivity index (χ4v) is 2.44. The van der Waals surface area contributed by atoms with Crippen molar-refractivity contribution in [1.29, 1.82) is 0 Å². The van der Waals surface area contributed by atoms with Gasteiger partial charge in [-0.3, -0.25) is 4.90 Å². The summed E-state index contributed by atoms with van der Waals surface area (Å²) in [6.45, 7) is 2.62. The van der Waals surface area contributed by atoms with Crippen LogP contribution < -0.4 is 10.5 Å². The molecule has 2 N–H and O–H groups in total. The Bertz CT molecular complexity index is 378. The summed E-state index contributed by atoms with van der Waals surface area (Å²) in [5.74, 6) is -0.0337. The van der Waals surface area contributed by atoms with Gasteiger partial charge >= 0.3 is 0 Å². The maximum Gasteiger partial charge on any atom is 0.165 e. The second-order valence-electron chi connectivity index (χ2n) is 4.39. The quantitative estimate of drug-likeness (QED) is 0.871. The van der Waals surface area contributed by atoms with Crippen LogP contribution in [-0.2, 0) is 0 Å². The first-order valence-corrected chi connectivity index (χ1v) is 6.04. The van der Waals surface area contributed by atoms with Crippen molar-refractivity contribution in [3.63, 3.8) is 0 Å². The summed E-state index contributed by atoms with van der Waals surface area (Å²) >= 11 is 0. The number of hydrogen-bond acceptors (Lipinski definition) is 3. The molecular weight excluding hydrogens is 219 g/mol. The number of halogens is 1. The number of nitrogens with zero attached hydrogens (tertiary/aromatic N) is 1. The lowest BCUT2D eigenvalue weighted by atomic mass is 10.1. The molecule has 1 saturated heterocycles. The topological polar surface area (TPSA) is 38.5 Å². The van der Waals surface area contributed by atoms with Crippen LogP contribution in [0.5, 0.6) is 5.75 Å². The van der Waals surface area contributed by atoms with Gasteiger partial charge in [-0.15, -0.1) is 0 Å².